The van der Waals surface area contributed by atoms with Crippen LogP contribution in [0.15, 0.2) is 16.3 Å². The van der Waals surface area contributed by atoms with E-state index in [1.807, 2.05) is 6.07 Å². The molecule has 0 spiro atoms. The fourth-order valence-corrected chi connectivity index (χ4v) is 4.65. The molecule has 2 fully saturated rings. The summed E-state index contributed by atoms with van der Waals surface area (Å²) in [6, 6.07) is 4.38. The Bertz CT molecular complexity index is 572. The zero-order chi connectivity index (χ0) is 14.2. The molecule has 1 aromatic rings. The number of hydrogen-bond acceptors (Lipinski definition) is 4. The third-order valence-electron chi connectivity index (χ3n) is 4.08. The smallest absolute Gasteiger partial charge is 0.250 e. The first-order valence-corrected chi connectivity index (χ1v) is 9.59. The molecule has 2 aliphatic carbocycles. The fraction of sp³-hybridized carbons (Fsp3) is 0.714. The predicted octanol–water partition coefficient (Wildman–Crippen LogP) is 2.12. The van der Waals surface area contributed by atoms with Crippen molar-refractivity contribution in [3.05, 3.63) is 17.0 Å². The molecular formula is C14H22N2O2S2. The van der Waals surface area contributed by atoms with Crippen LogP contribution < -0.4 is 10.0 Å². The fourth-order valence-electron chi connectivity index (χ4n) is 2.05. The Balaban J connectivity index is 1.53. The summed E-state index contributed by atoms with van der Waals surface area (Å²) in [5.41, 5.74) is 0.196. The van der Waals surface area contributed by atoms with E-state index in [0.717, 1.165) is 30.7 Å². The van der Waals surface area contributed by atoms with E-state index in [-0.39, 0.29) is 5.41 Å². The van der Waals surface area contributed by atoms with Crippen LogP contribution in [-0.4, -0.2) is 27.5 Å². The largest absolute Gasteiger partial charge is 0.314 e. The molecule has 0 radical (unpaired) electrons. The summed E-state index contributed by atoms with van der Waals surface area (Å²) in [4.78, 5) is 1.14. The van der Waals surface area contributed by atoms with Gasteiger partial charge in [0.25, 0.3) is 0 Å². The van der Waals surface area contributed by atoms with E-state index in [9.17, 15) is 8.42 Å². The molecule has 1 heterocycles. The molecule has 0 amide bonds. The van der Waals surface area contributed by atoms with E-state index >= 15 is 0 Å². The summed E-state index contributed by atoms with van der Waals surface area (Å²) in [6.07, 6.45) is 5.73. The SMILES string of the molecule is CC1(CNS(=O)(=O)c2ccc(CCNC3CC3)s2)CC1. The monoisotopic (exact) mass is 314 g/mol. The molecule has 0 aliphatic heterocycles. The summed E-state index contributed by atoms with van der Waals surface area (Å²) < 4.78 is 27.6. The van der Waals surface area contributed by atoms with Crippen molar-refractivity contribution in [1.29, 1.82) is 0 Å². The average Bonchev–Trinajstić information content (AvgIpc) is 3.30. The molecule has 3 rings (SSSR count). The van der Waals surface area contributed by atoms with Gasteiger partial charge >= 0.3 is 0 Å². The quantitative estimate of drug-likeness (QED) is 0.773. The molecule has 20 heavy (non-hydrogen) atoms. The van der Waals surface area contributed by atoms with Gasteiger partial charge in [-0.05, 0) is 49.7 Å². The molecule has 0 atom stereocenters. The Morgan fingerprint density at radius 3 is 2.75 bits per heavy atom. The van der Waals surface area contributed by atoms with Crippen LogP contribution in [-0.2, 0) is 16.4 Å². The molecule has 2 aliphatic rings. The van der Waals surface area contributed by atoms with Crippen LogP contribution in [0.2, 0.25) is 0 Å². The van der Waals surface area contributed by atoms with Crippen LogP contribution in [0.1, 0.15) is 37.5 Å². The second-order valence-corrected chi connectivity index (χ2v) is 9.50. The average molecular weight is 314 g/mol. The topological polar surface area (TPSA) is 58.2 Å². The number of sulfonamides is 1. The van der Waals surface area contributed by atoms with Crippen molar-refractivity contribution in [3.63, 3.8) is 0 Å². The van der Waals surface area contributed by atoms with E-state index in [2.05, 4.69) is 17.0 Å². The number of thiophene rings is 1. The van der Waals surface area contributed by atoms with E-state index in [1.165, 1.54) is 24.2 Å². The highest BCUT2D eigenvalue weighted by atomic mass is 32.2. The van der Waals surface area contributed by atoms with Gasteiger partial charge < -0.3 is 5.32 Å². The predicted molar refractivity (Wildman–Crippen MR) is 81.6 cm³/mol. The van der Waals surface area contributed by atoms with Crippen LogP contribution in [0.3, 0.4) is 0 Å². The lowest BCUT2D eigenvalue weighted by Gasteiger charge is -2.09. The number of hydrogen-bond donors (Lipinski definition) is 2. The normalized spacial score (nSPS) is 21.1. The van der Waals surface area contributed by atoms with Crippen LogP contribution in [0, 0.1) is 5.41 Å². The highest BCUT2D eigenvalue weighted by Gasteiger charge is 2.38. The summed E-state index contributed by atoms with van der Waals surface area (Å²) in [5.74, 6) is 0. The third-order valence-corrected chi connectivity index (χ3v) is 7.11. The minimum atomic E-state index is -3.31. The lowest BCUT2D eigenvalue weighted by Crippen LogP contribution is -2.28. The molecule has 0 saturated heterocycles. The Morgan fingerprint density at radius 2 is 2.10 bits per heavy atom. The second kappa shape index (κ2) is 5.40. The van der Waals surface area contributed by atoms with Crippen molar-refractivity contribution in [3.8, 4) is 0 Å². The summed E-state index contributed by atoms with van der Waals surface area (Å²) in [5, 5.41) is 3.45. The first-order chi connectivity index (χ1) is 9.47. The van der Waals surface area contributed by atoms with Gasteiger partial charge in [0, 0.05) is 24.0 Å². The molecule has 1 aromatic heterocycles. The molecular weight excluding hydrogens is 292 g/mol. The molecule has 0 aromatic carbocycles. The zero-order valence-electron chi connectivity index (χ0n) is 11.8. The third kappa shape index (κ3) is 3.81. The maximum absolute atomic E-state index is 12.2. The van der Waals surface area contributed by atoms with Crippen LogP contribution in [0.25, 0.3) is 0 Å². The molecule has 0 bridgehead atoms. The Morgan fingerprint density at radius 1 is 1.35 bits per heavy atom. The van der Waals surface area contributed by atoms with Gasteiger partial charge in [0.2, 0.25) is 10.0 Å². The second-order valence-electron chi connectivity index (χ2n) is 6.33. The van der Waals surface area contributed by atoms with Gasteiger partial charge in [0.05, 0.1) is 0 Å². The standard InChI is InChI=1S/C14H22N2O2S2/c1-14(7-8-14)10-16-20(17,18)13-5-4-12(19-13)6-9-15-11-2-3-11/h4-5,11,15-16H,2-3,6-10H2,1H3. The van der Waals surface area contributed by atoms with Gasteiger partial charge in [0.15, 0.2) is 0 Å². The maximum Gasteiger partial charge on any atom is 0.250 e. The van der Waals surface area contributed by atoms with E-state index < -0.39 is 10.0 Å². The van der Waals surface area contributed by atoms with Crippen molar-refractivity contribution in [2.45, 2.75) is 49.3 Å². The van der Waals surface area contributed by atoms with Crippen molar-refractivity contribution in [2.24, 2.45) is 5.41 Å². The van der Waals surface area contributed by atoms with E-state index in [4.69, 9.17) is 0 Å². The van der Waals surface area contributed by atoms with Crippen molar-refractivity contribution in [1.82, 2.24) is 10.0 Å². The molecule has 6 heteroatoms. The van der Waals surface area contributed by atoms with Gasteiger partial charge in [-0.25, -0.2) is 13.1 Å². The van der Waals surface area contributed by atoms with Crippen molar-refractivity contribution < 1.29 is 8.42 Å². The Labute approximate surface area is 125 Å². The van der Waals surface area contributed by atoms with E-state index in [0.29, 0.717) is 16.8 Å². The molecule has 0 unspecified atom stereocenters. The van der Waals surface area contributed by atoms with Crippen LogP contribution in [0.4, 0.5) is 0 Å². The maximum atomic E-state index is 12.2. The summed E-state index contributed by atoms with van der Waals surface area (Å²) >= 11 is 1.39. The number of nitrogens with one attached hydrogen (secondary N) is 2. The van der Waals surface area contributed by atoms with Gasteiger partial charge in [-0.3, -0.25) is 0 Å². The molecule has 2 N–H and O–H groups in total. The first-order valence-electron chi connectivity index (χ1n) is 7.29. The van der Waals surface area contributed by atoms with Crippen LogP contribution >= 0.6 is 11.3 Å². The Kier molecular flexibility index (Phi) is 3.92. The minimum Gasteiger partial charge on any atom is -0.314 e. The highest BCUT2D eigenvalue weighted by Crippen LogP contribution is 2.44. The van der Waals surface area contributed by atoms with Gasteiger partial charge in [-0.15, -0.1) is 11.3 Å². The minimum absolute atomic E-state index is 0.196. The van der Waals surface area contributed by atoms with Gasteiger partial charge in [0.1, 0.15) is 4.21 Å². The molecule has 4 nitrogen and oxygen atoms in total. The van der Waals surface area contributed by atoms with E-state index in [1.54, 1.807) is 6.07 Å². The lowest BCUT2D eigenvalue weighted by molar-refractivity contribution is 0.531. The zero-order valence-corrected chi connectivity index (χ0v) is 13.4. The molecule has 112 valence electrons. The van der Waals surface area contributed by atoms with Crippen LogP contribution in [0.5, 0.6) is 0 Å². The Hall–Kier alpha value is -0.430. The molecule has 2 saturated carbocycles. The number of rotatable bonds is 8. The van der Waals surface area contributed by atoms with Crippen molar-refractivity contribution >= 4 is 21.4 Å². The summed E-state index contributed by atoms with van der Waals surface area (Å²) in [6.45, 7) is 3.63. The lowest BCUT2D eigenvalue weighted by atomic mass is 10.2. The summed E-state index contributed by atoms with van der Waals surface area (Å²) in [7, 11) is -3.31. The first kappa shape index (κ1) is 14.5. The van der Waals surface area contributed by atoms with Crippen molar-refractivity contribution in [2.75, 3.05) is 13.1 Å². The van der Waals surface area contributed by atoms with Gasteiger partial charge in [-0.2, -0.15) is 0 Å². The highest BCUT2D eigenvalue weighted by molar-refractivity contribution is 7.91. The van der Waals surface area contributed by atoms with Gasteiger partial charge in [-0.1, -0.05) is 6.92 Å².